The number of thiophene rings is 1. The van der Waals surface area contributed by atoms with Crippen LogP contribution in [-0.4, -0.2) is 54.1 Å². The normalized spacial score (nSPS) is 13.6. The first-order valence-electron chi connectivity index (χ1n) is 11.2. The van der Waals surface area contributed by atoms with E-state index in [-0.39, 0.29) is 43.0 Å². The Hall–Kier alpha value is -3.55. The van der Waals surface area contributed by atoms with Crippen LogP contribution < -0.4 is 4.90 Å². The summed E-state index contributed by atoms with van der Waals surface area (Å²) in [7, 11) is 0. The summed E-state index contributed by atoms with van der Waals surface area (Å²) >= 11 is 1.55. The number of nitrogens with zero attached hydrogens (tertiary/aromatic N) is 8. The average Bonchev–Trinajstić information content (AvgIpc) is 3.56. The molecule has 184 valence electrons. The summed E-state index contributed by atoms with van der Waals surface area (Å²) in [6.45, 7) is 5.08. The van der Waals surface area contributed by atoms with Gasteiger partial charge < -0.3 is 18.6 Å². The van der Waals surface area contributed by atoms with Crippen LogP contribution in [0.1, 0.15) is 49.1 Å². The molecule has 0 amide bonds. The number of aryl methyl sites for hydroxylation is 1. The Balaban J connectivity index is 1.52. The Kier molecular flexibility index (Phi) is 6.36. The highest BCUT2D eigenvalue weighted by Crippen LogP contribution is 2.35. The Labute approximate surface area is 202 Å². The van der Waals surface area contributed by atoms with Crippen LogP contribution in [0.5, 0.6) is 0 Å². The van der Waals surface area contributed by atoms with Gasteiger partial charge in [-0.3, -0.25) is 4.79 Å². The highest BCUT2D eigenvalue weighted by molar-refractivity contribution is 7.18. The Morgan fingerprint density at radius 2 is 2.06 bits per heavy atom. The molecule has 0 radical (unpaired) electrons. The molecule has 0 spiro atoms. The highest BCUT2D eigenvalue weighted by Gasteiger charge is 2.28. The number of esters is 1. The van der Waals surface area contributed by atoms with Crippen molar-refractivity contribution in [3.05, 3.63) is 28.5 Å². The minimum Gasteiger partial charge on any atom is -0.466 e. The third-order valence-corrected chi connectivity index (χ3v) is 6.54. The van der Waals surface area contributed by atoms with E-state index in [1.54, 1.807) is 18.3 Å². The van der Waals surface area contributed by atoms with Crippen molar-refractivity contribution in [1.82, 2.24) is 34.9 Å². The van der Waals surface area contributed by atoms with E-state index in [1.165, 1.54) is 4.57 Å². The van der Waals surface area contributed by atoms with E-state index in [4.69, 9.17) is 14.1 Å². The van der Waals surface area contributed by atoms with Crippen molar-refractivity contribution in [1.29, 1.82) is 0 Å². The molecule has 5 rings (SSSR count). The number of carbonyl (C=O) groups is 1. The monoisotopic (exact) mass is 504 g/mol. The lowest BCUT2D eigenvalue weighted by Crippen LogP contribution is -2.35. The van der Waals surface area contributed by atoms with Crippen LogP contribution in [-0.2, 0) is 35.5 Å². The predicted molar refractivity (Wildman–Crippen MR) is 121 cm³/mol. The van der Waals surface area contributed by atoms with Gasteiger partial charge in [0.2, 0.25) is 11.7 Å². The van der Waals surface area contributed by atoms with Crippen LogP contribution in [0.2, 0.25) is 0 Å². The van der Waals surface area contributed by atoms with Gasteiger partial charge in [-0.15, -0.1) is 31.7 Å². The first-order valence-corrected chi connectivity index (χ1v) is 12.0. The molecule has 14 heteroatoms. The second-order valence-corrected chi connectivity index (χ2v) is 9.00. The zero-order valence-corrected chi connectivity index (χ0v) is 19.9. The van der Waals surface area contributed by atoms with Gasteiger partial charge in [-0.25, -0.2) is 18.7 Å². The van der Waals surface area contributed by atoms with Crippen molar-refractivity contribution < 1.29 is 22.7 Å². The predicted octanol–water partition coefficient (Wildman–Crippen LogP) is 3.35. The van der Waals surface area contributed by atoms with Crippen LogP contribution in [0.15, 0.2) is 10.5 Å². The first-order chi connectivity index (χ1) is 17.0. The molecule has 5 heterocycles. The van der Waals surface area contributed by atoms with E-state index < -0.39 is 12.4 Å². The standard InChI is InChI=1S/C21H22F2N8O3S/c1-3-5-11-8-12-18(30-6-7-31-13(10-30)26-28-19(31)16(22)23)24-17(25-21(12)35-11)20-29-27-14(34-20)9-15(32)33-4-2/h8,16H,3-7,9-10H2,1-2H3. The molecule has 1 aliphatic heterocycles. The SMILES string of the molecule is CCCc1cc2c(N3CCn4c(nnc4C(F)F)C3)nc(-c3nnc(CC(=O)OCC)o3)nc2s1. The van der Waals surface area contributed by atoms with Crippen LogP contribution in [0.3, 0.4) is 0 Å². The topological polar surface area (TPSA) is 125 Å². The fraction of sp³-hybridized carbons (Fsp3) is 0.476. The molecule has 0 bridgehead atoms. The molecule has 0 aromatic carbocycles. The average molecular weight is 505 g/mol. The maximum atomic E-state index is 13.2. The number of rotatable bonds is 8. The van der Waals surface area contributed by atoms with E-state index in [9.17, 15) is 13.6 Å². The van der Waals surface area contributed by atoms with Crippen LogP contribution in [0, 0.1) is 0 Å². The molecule has 35 heavy (non-hydrogen) atoms. The zero-order valence-electron chi connectivity index (χ0n) is 19.1. The molecule has 1 aliphatic rings. The summed E-state index contributed by atoms with van der Waals surface area (Å²) in [5.41, 5.74) is 0. The van der Waals surface area contributed by atoms with Gasteiger partial charge in [-0.1, -0.05) is 13.3 Å². The lowest BCUT2D eigenvalue weighted by atomic mass is 10.2. The van der Waals surface area contributed by atoms with Gasteiger partial charge in [0.15, 0.2) is 11.6 Å². The van der Waals surface area contributed by atoms with Crippen LogP contribution in [0.25, 0.3) is 21.9 Å². The number of aromatic nitrogens is 7. The number of hydrogen-bond donors (Lipinski definition) is 0. The van der Waals surface area contributed by atoms with Crippen molar-refractivity contribution in [2.75, 3.05) is 18.1 Å². The van der Waals surface area contributed by atoms with Crippen molar-refractivity contribution in [2.24, 2.45) is 0 Å². The third kappa shape index (κ3) is 4.57. The van der Waals surface area contributed by atoms with E-state index in [0.717, 1.165) is 27.9 Å². The summed E-state index contributed by atoms with van der Waals surface area (Å²) in [6, 6.07) is 2.06. The first kappa shape index (κ1) is 23.2. The molecule has 0 aliphatic carbocycles. The molecular weight excluding hydrogens is 482 g/mol. The van der Waals surface area contributed by atoms with Gasteiger partial charge in [0.25, 0.3) is 12.3 Å². The number of fused-ring (bicyclic) bond motifs is 2. The zero-order chi connectivity index (χ0) is 24.5. The Morgan fingerprint density at radius 3 is 2.83 bits per heavy atom. The molecule has 0 atom stereocenters. The van der Waals surface area contributed by atoms with E-state index in [1.807, 2.05) is 4.90 Å². The largest absolute Gasteiger partial charge is 0.466 e. The van der Waals surface area contributed by atoms with Gasteiger partial charge in [0, 0.05) is 18.0 Å². The summed E-state index contributed by atoms with van der Waals surface area (Å²) < 4.78 is 38.5. The lowest BCUT2D eigenvalue weighted by Gasteiger charge is -2.29. The van der Waals surface area contributed by atoms with Gasteiger partial charge in [-0.2, -0.15) is 0 Å². The van der Waals surface area contributed by atoms with Crippen molar-refractivity contribution in [2.45, 2.75) is 52.6 Å². The van der Waals surface area contributed by atoms with Gasteiger partial charge in [-0.05, 0) is 19.4 Å². The summed E-state index contributed by atoms with van der Waals surface area (Å²) in [5.74, 6) is 0.683. The molecule has 4 aromatic heterocycles. The maximum Gasteiger partial charge on any atom is 0.315 e. The smallest absolute Gasteiger partial charge is 0.315 e. The third-order valence-electron chi connectivity index (χ3n) is 5.46. The minimum atomic E-state index is -2.69. The van der Waals surface area contributed by atoms with Gasteiger partial charge >= 0.3 is 5.97 Å². The van der Waals surface area contributed by atoms with Gasteiger partial charge in [0.1, 0.15) is 17.1 Å². The summed E-state index contributed by atoms with van der Waals surface area (Å²) in [6.07, 6.45) is -0.961. The molecule has 0 unspecified atom stereocenters. The van der Waals surface area contributed by atoms with E-state index in [0.29, 0.717) is 24.7 Å². The quantitative estimate of drug-likeness (QED) is 0.330. The molecule has 0 N–H and O–H groups in total. The molecule has 0 saturated carbocycles. The molecule has 11 nitrogen and oxygen atoms in total. The van der Waals surface area contributed by atoms with Crippen molar-refractivity contribution in [3.8, 4) is 11.7 Å². The van der Waals surface area contributed by atoms with Gasteiger partial charge in [0.05, 0.1) is 18.5 Å². The van der Waals surface area contributed by atoms with Crippen LogP contribution in [0.4, 0.5) is 14.6 Å². The minimum absolute atomic E-state index is 0.0815. The van der Waals surface area contributed by atoms with Crippen LogP contribution >= 0.6 is 11.3 Å². The number of halogens is 2. The Bertz CT molecular complexity index is 1370. The fourth-order valence-corrected chi connectivity index (χ4v) is 5.06. The maximum absolute atomic E-state index is 13.2. The Morgan fingerprint density at radius 1 is 1.20 bits per heavy atom. The van der Waals surface area contributed by atoms with E-state index in [2.05, 4.69) is 38.4 Å². The second kappa shape index (κ2) is 9.60. The highest BCUT2D eigenvalue weighted by atomic mass is 32.1. The van der Waals surface area contributed by atoms with E-state index >= 15 is 0 Å². The number of ether oxygens (including phenoxy) is 1. The number of hydrogen-bond acceptors (Lipinski definition) is 11. The molecule has 0 fully saturated rings. The van der Waals surface area contributed by atoms with Crippen molar-refractivity contribution >= 4 is 33.3 Å². The molecular formula is C21H22F2N8O3S. The molecule has 0 saturated heterocycles. The lowest BCUT2D eigenvalue weighted by molar-refractivity contribution is -0.142. The number of carbonyl (C=O) groups excluding carboxylic acids is 1. The fourth-order valence-electron chi connectivity index (χ4n) is 3.94. The second-order valence-electron chi connectivity index (χ2n) is 7.88. The van der Waals surface area contributed by atoms with Crippen molar-refractivity contribution in [3.63, 3.8) is 0 Å². The number of anilines is 1. The number of alkyl halides is 2. The summed E-state index contributed by atoms with van der Waals surface area (Å²) in [4.78, 5) is 25.0. The molecule has 4 aromatic rings. The summed E-state index contributed by atoms with van der Waals surface area (Å²) in [5, 5.41) is 16.4.